The second-order valence-electron chi connectivity index (χ2n) is 3.70. The van der Waals surface area contributed by atoms with Gasteiger partial charge in [-0.3, -0.25) is 4.79 Å². The Bertz CT molecular complexity index is 359. The molecule has 0 fully saturated rings. The number of ether oxygens (including phenoxy) is 1. The van der Waals surface area contributed by atoms with E-state index in [0.717, 1.165) is 24.3 Å². The molecule has 1 rings (SSSR count). The quantitative estimate of drug-likeness (QED) is 0.738. The number of aryl methyl sites for hydroxylation is 1. The molecule has 0 heterocycles. The Balaban J connectivity index is 0.00000289. The van der Waals surface area contributed by atoms with Gasteiger partial charge in [-0.15, -0.1) is 12.4 Å². The van der Waals surface area contributed by atoms with Gasteiger partial charge < -0.3 is 15.4 Å². The molecule has 0 saturated carbocycles. The summed E-state index contributed by atoms with van der Waals surface area (Å²) in [7, 11) is 1.85. The highest BCUT2D eigenvalue weighted by molar-refractivity contribution is 5.85. The Morgan fingerprint density at radius 3 is 2.67 bits per heavy atom. The van der Waals surface area contributed by atoms with E-state index in [1.54, 1.807) is 0 Å². The lowest BCUT2D eigenvalue weighted by molar-refractivity contribution is -0.123. The third kappa shape index (κ3) is 5.89. The zero-order valence-corrected chi connectivity index (χ0v) is 11.7. The molecule has 0 bridgehead atoms. The van der Waals surface area contributed by atoms with Gasteiger partial charge in [-0.2, -0.15) is 0 Å². The van der Waals surface area contributed by atoms with Crippen LogP contribution in [0.5, 0.6) is 5.75 Å². The predicted molar refractivity (Wildman–Crippen MR) is 75.5 cm³/mol. The number of hydrogen-bond acceptors (Lipinski definition) is 3. The number of hydrogen-bond donors (Lipinski definition) is 2. The summed E-state index contributed by atoms with van der Waals surface area (Å²) in [5.74, 6) is 0.699. The maximum Gasteiger partial charge on any atom is 0.257 e. The number of carbonyl (C=O) groups is 1. The topological polar surface area (TPSA) is 50.4 Å². The monoisotopic (exact) mass is 272 g/mol. The SMILES string of the molecule is CCc1ccccc1OCC(=O)NCCNC.Cl. The van der Waals surface area contributed by atoms with E-state index < -0.39 is 0 Å². The Kier molecular flexibility index (Phi) is 9.06. The Morgan fingerprint density at radius 2 is 2.00 bits per heavy atom. The minimum absolute atomic E-state index is 0. The number of benzene rings is 1. The second-order valence-corrected chi connectivity index (χ2v) is 3.70. The van der Waals surface area contributed by atoms with Gasteiger partial charge in [0.2, 0.25) is 0 Å². The Hall–Kier alpha value is -1.26. The Morgan fingerprint density at radius 1 is 1.28 bits per heavy atom. The number of halogens is 1. The summed E-state index contributed by atoms with van der Waals surface area (Å²) in [5.41, 5.74) is 1.12. The van der Waals surface area contributed by atoms with Crippen LogP contribution in [0, 0.1) is 0 Å². The first-order valence-electron chi connectivity index (χ1n) is 5.90. The summed E-state index contributed by atoms with van der Waals surface area (Å²) in [5, 5.41) is 5.72. The van der Waals surface area contributed by atoms with Crippen LogP contribution in [0.1, 0.15) is 12.5 Å². The molecule has 0 spiro atoms. The Labute approximate surface area is 115 Å². The molecule has 18 heavy (non-hydrogen) atoms. The van der Waals surface area contributed by atoms with Gasteiger partial charge in [-0.05, 0) is 25.1 Å². The number of carbonyl (C=O) groups excluding carboxylic acids is 1. The highest BCUT2D eigenvalue weighted by Gasteiger charge is 2.04. The average Bonchev–Trinajstić information content (AvgIpc) is 2.37. The molecule has 2 N–H and O–H groups in total. The van der Waals surface area contributed by atoms with Gasteiger partial charge >= 0.3 is 0 Å². The van der Waals surface area contributed by atoms with Gasteiger partial charge in [-0.1, -0.05) is 25.1 Å². The van der Waals surface area contributed by atoms with Crippen LogP contribution in [0.2, 0.25) is 0 Å². The summed E-state index contributed by atoms with van der Waals surface area (Å²) in [6.45, 7) is 3.52. The van der Waals surface area contributed by atoms with Crippen molar-refractivity contribution in [1.82, 2.24) is 10.6 Å². The van der Waals surface area contributed by atoms with E-state index in [1.807, 2.05) is 31.3 Å². The molecule has 0 aliphatic rings. The van der Waals surface area contributed by atoms with E-state index in [1.165, 1.54) is 0 Å². The molecule has 0 saturated heterocycles. The van der Waals surface area contributed by atoms with Gasteiger partial charge in [0.1, 0.15) is 5.75 Å². The summed E-state index contributed by atoms with van der Waals surface area (Å²) in [6.07, 6.45) is 0.900. The third-order valence-corrected chi connectivity index (χ3v) is 2.41. The molecule has 1 amide bonds. The van der Waals surface area contributed by atoms with E-state index in [0.29, 0.717) is 6.54 Å². The molecule has 0 aliphatic heterocycles. The fourth-order valence-corrected chi connectivity index (χ4v) is 1.46. The zero-order chi connectivity index (χ0) is 12.5. The van der Waals surface area contributed by atoms with Crippen molar-refractivity contribution in [3.8, 4) is 5.75 Å². The minimum Gasteiger partial charge on any atom is -0.483 e. The van der Waals surface area contributed by atoms with Gasteiger partial charge in [0.25, 0.3) is 5.91 Å². The zero-order valence-electron chi connectivity index (χ0n) is 10.9. The highest BCUT2D eigenvalue weighted by Crippen LogP contribution is 2.17. The van der Waals surface area contributed by atoms with Crippen molar-refractivity contribution < 1.29 is 9.53 Å². The van der Waals surface area contributed by atoms with Crippen LogP contribution in [0.15, 0.2) is 24.3 Å². The van der Waals surface area contributed by atoms with Crippen LogP contribution in [0.25, 0.3) is 0 Å². The van der Waals surface area contributed by atoms with Crippen LogP contribution < -0.4 is 15.4 Å². The second kappa shape index (κ2) is 9.74. The van der Waals surface area contributed by atoms with Crippen molar-refractivity contribution in [2.75, 3.05) is 26.7 Å². The first-order valence-corrected chi connectivity index (χ1v) is 5.90. The van der Waals surface area contributed by atoms with Crippen molar-refractivity contribution in [3.05, 3.63) is 29.8 Å². The number of likely N-dealkylation sites (N-methyl/N-ethyl adjacent to an activating group) is 1. The summed E-state index contributed by atoms with van der Waals surface area (Å²) in [4.78, 5) is 11.4. The van der Waals surface area contributed by atoms with Crippen molar-refractivity contribution >= 4 is 18.3 Å². The van der Waals surface area contributed by atoms with Crippen LogP contribution in [0.3, 0.4) is 0 Å². The number of nitrogens with one attached hydrogen (secondary N) is 2. The first kappa shape index (κ1) is 16.7. The van der Waals surface area contributed by atoms with Crippen molar-refractivity contribution in [3.63, 3.8) is 0 Å². The third-order valence-electron chi connectivity index (χ3n) is 2.41. The van der Waals surface area contributed by atoms with Gasteiger partial charge in [0.15, 0.2) is 6.61 Å². The molecular formula is C13H21ClN2O2. The number of para-hydroxylation sites is 1. The van der Waals surface area contributed by atoms with Crippen molar-refractivity contribution in [1.29, 1.82) is 0 Å². The summed E-state index contributed by atoms with van der Waals surface area (Å²) >= 11 is 0. The summed E-state index contributed by atoms with van der Waals surface area (Å²) < 4.78 is 5.49. The van der Waals surface area contributed by atoms with Crippen molar-refractivity contribution in [2.24, 2.45) is 0 Å². The molecule has 4 nitrogen and oxygen atoms in total. The average molecular weight is 273 g/mol. The molecule has 1 aromatic rings. The lowest BCUT2D eigenvalue weighted by Gasteiger charge is -2.10. The van der Waals surface area contributed by atoms with Crippen molar-refractivity contribution in [2.45, 2.75) is 13.3 Å². The van der Waals surface area contributed by atoms with Crippen LogP contribution in [-0.4, -0.2) is 32.7 Å². The molecule has 0 radical (unpaired) electrons. The largest absolute Gasteiger partial charge is 0.483 e. The summed E-state index contributed by atoms with van der Waals surface area (Å²) in [6, 6.07) is 7.78. The molecule has 1 aromatic carbocycles. The van der Waals surface area contributed by atoms with E-state index in [4.69, 9.17) is 4.74 Å². The molecule has 0 aromatic heterocycles. The first-order chi connectivity index (χ1) is 8.27. The smallest absolute Gasteiger partial charge is 0.257 e. The lowest BCUT2D eigenvalue weighted by atomic mass is 10.1. The molecule has 0 atom stereocenters. The fourth-order valence-electron chi connectivity index (χ4n) is 1.46. The van der Waals surface area contributed by atoms with Crippen LogP contribution in [0.4, 0.5) is 0 Å². The standard InChI is InChI=1S/C13H20N2O2.ClH/c1-3-11-6-4-5-7-12(11)17-10-13(16)15-9-8-14-2;/h4-7,14H,3,8-10H2,1-2H3,(H,15,16);1H. The molecule has 5 heteroatoms. The maximum atomic E-state index is 11.4. The molecular weight excluding hydrogens is 252 g/mol. The molecule has 102 valence electrons. The van der Waals surface area contributed by atoms with Gasteiger partial charge in [-0.25, -0.2) is 0 Å². The predicted octanol–water partition coefficient (Wildman–Crippen LogP) is 1.39. The normalized spacial score (nSPS) is 9.44. The lowest BCUT2D eigenvalue weighted by Crippen LogP contribution is -2.33. The van der Waals surface area contributed by atoms with Gasteiger partial charge in [0, 0.05) is 13.1 Å². The van der Waals surface area contributed by atoms with E-state index in [2.05, 4.69) is 17.6 Å². The number of amides is 1. The molecule has 0 aliphatic carbocycles. The van der Waals surface area contributed by atoms with E-state index in [-0.39, 0.29) is 24.9 Å². The minimum atomic E-state index is -0.0915. The molecule has 0 unspecified atom stereocenters. The fraction of sp³-hybridized carbons (Fsp3) is 0.462. The van der Waals surface area contributed by atoms with Gasteiger partial charge in [0.05, 0.1) is 0 Å². The van der Waals surface area contributed by atoms with E-state index >= 15 is 0 Å². The van der Waals surface area contributed by atoms with E-state index in [9.17, 15) is 4.79 Å². The van der Waals surface area contributed by atoms with Crippen LogP contribution >= 0.6 is 12.4 Å². The highest BCUT2D eigenvalue weighted by atomic mass is 35.5. The van der Waals surface area contributed by atoms with Crippen LogP contribution in [-0.2, 0) is 11.2 Å². The maximum absolute atomic E-state index is 11.4. The number of rotatable bonds is 7.